The summed E-state index contributed by atoms with van der Waals surface area (Å²) in [6.07, 6.45) is 7.49. The molecule has 1 aromatic rings. The molecule has 0 aliphatic heterocycles. The molecule has 0 aromatic heterocycles. The first-order valence-electron chi connectivity index (χ1n) is 6.78. The molecule has 3 heteroatoms. The van der Waals surface area contributed by atoms with Crippen LogP contribution in [-0.2, 0) is 0 Å². The standard InChI is InChI=1S/C15H24BrNO/c1-3-4-5-6-7-8-15(17)13-10-9-12(18-2)11-14(13)16/h9-11,15H,3-8,17H2,1-2H3. The molecule has 2 nitrogen and oxygen atoms in total. The second kappa shape index (κ2) is 8.54. The maximum atomic E-state index is 6.23. The number of halogens is 1. The molecule has 0 radical (unpaired) electrons. The van der Waals surface area contributed by atoms with Crippen molar-refractivity contribution in [3.8, 4) is 5.75 Å². The molecule has 0 saturated heterocycles. The number of benzene rings is 1. The first kappa shape index (κ1) is 15.5. The molecule has 1 rings (SSSR count). The summed E-state index contributed by atoms with van der Waals surface area (Å²) in [6, 6.07) is 6.12. The molecule has 1 aromatic carbocycles. The Kier molecular flexibility index (Phi) is 7.36. The lowest BCUT2D eigenvalue weighted by molar-refractivity contribution is 0.414. The Morgan fingerprint density at radius 1 is 1.22 bits per heavy atom. The molecular weight excluding hydrogens is 290 g/mol. The van der Waals surface area contributed by atoms with E-state index >= 15 is 0 Å². The molecule has 0 bridgehead atoms. The fourth-order valence-corrected chi connectivity index (χ4v) is 2.71. The summed E-state index contributed by atoms with van der Waals surface area (Å²) in [5, 5.41) is 0. The van der Waals surface area contributed by atoms with Gasteiger partial charge in [-0.25, -0.2) is 0 Å². The lowest BCUT2D eigenvalue weighted by atomic mass is 10.0. The highest BCUT2D eigenvalue weighted by molar-refractivity contribution is 9.10. The van der Waals surface area contributed by atoms with Gasteiger partial charge in [0.15, 0.2) is 0 Å². The molecule has 102 valence electrons. The topological polar surface area (TPSA) is 35.2 Å². The second-order valence-corrected chi connectivity index (χ2v) is 5.55. The fourth-order valence-electron chi connectivity index (χ4n) is 2.06. The first-order chi connectivity index (χ1) is 8.69. The van der Waals surface area contributed by atoms with Crippen molar-refractivity contribution in [1.29, 1.82) is 0 Å². The van der Waals surface area contributed by atoms with Gasteiger partial charge in [0.05, 0.1) is 7.11 Å². The van der Waals surface area contributed by atoms with Crippen LogP contribution in [0.5, 0.6) is 5.75 Å². The summed E-state index contributed by atoms with van der Waals surface area (Å²) in [5.41, 5.74) is 7.40. The van der Waals surface area contributed by atoms with Gasteiger partial charge >= 0.3 is 0 Å². The zero-order valence-corrected chi connectivity index (χ0v) is 13.0. The predicted molar refractivity (Wildman–Crippen MR) is 81.0 cm³/mol. The van der Waals surface area contributed by atoms with Crippen molar-refractivity contribution in [3.05, 3.63) is 28.2 Å². The van der Waals surface area contributed by atoms with Crippen LogP contribution in [0, 0.1) is 0 Å². The predicted octanol–water partition coefficient (Wildman–Crippen LogP) is 4.82. The van der Waals surface area contributed by atoms with Gasteiger partial charge in [-0.2, -0.15) is 0 Å². The smallest absolute Gasteiger partial charge is 0.120 e. The van der Waals surface area contributed by atoms with E-state index in [2.05, 4.69) is 28.9 Å². The van der Waals surface area contributed by atoms with Crippen molar-refractivity contribution in [1.82, 2.24) is 0 Å². The van der Waals surface area contributed by atoms with E-state index < -0.39 is 0 Å². The molecule has 18 heavy (non-hydrogen) atoms. The molecule has 1 atom stereocenters. The summed E-state index contributed by atoms with van der Waals surface area (Å²) in [4.78, 5) is 0. The van der Waals surface area contributed by atoms with Gasteiger partial charge in [-0.1, -0.05) is 61.0 Å². The third kappa shape index (κ3) is 4.99. The maximum absolute atomic E-state index is 6.23. The summed E-state index contributed by atoms with van der Waals surface area (Å²) < 4.78 is 6.23. The van der Waals surface area contributed by atoms with Crippen LogP contribution < -0.4 is 10.5 Å². The number of hydrogen-bond acceptors (Lipinski definition) is 2. The van der Waals surface area contributed by atoms with E-state index in [0.717, 1.165) is 16.6 Å². The molecular formula is C15H24BrNO. The van der Waals surface area contributed by atoms with E-state index in [1.807, 2.05) is 12.1 Å². The molecule has 1 unspecified atom stereocenters. The molecule has 0 amide bonds. The van der Waals surface area contributed by atoms with E-state index in [1.165, 1.54) is 37.7 Å². The van der Waals surface area contributed by atoms with Gasteiger partial charge in [0.2, 0.25) is 0 Å². The SMILES string of the molecule is CCCCCCCC(N)c1ccc(OC)cc1Br. The van der Waals surface area contributed by atoms with Crippen molar-refractivity contribution in [2.24, 2.45) is 5.73 Å². The zero-order valence-electron chi connectivity index (χ0n) is 11.4. The van der Waals surface area contributed by atoms with Crippen LogP contribution in [0.4, 0.5) is 0 Å². The van der Waals surface area contributed by atoms with Gasteiger partial charge < -0.3 is 10.5 Å². The molecule has 0 fully saturated rings. The number of methoxy groups -OCH3 is 1. The molecule has 0 spiro atoms. The van der Waals surface area contributed by atoms with Crippen molar-refractivity contribution >= 4 is 15.9 Å². The summed E-state index contributed by atoms with van der Waals surface area (Å²) in [5.74, 6) is 0.862. The minimum Gasteiger partial charge on any atom is -0.497 e. The van der Waals surface area contributed by atoms with E-state index in [1.54, 1.807) is 7.11 Å². The van der Waals surface area contributed by atoms with E-state index in [0.29, 0.717) is 0 Å². The summed E-state index contributed by atoms with van der Waals surface area (Å²) in [7, 11) is 1.68. The fraction of sp³-hybridized carbons (Fsp3) is 0.600. The molecule has 0 heterocycles. The quantitative estimate of drug-likeness (QED) is 0.698. The van der Waals surface area contributed by atoms with Gasteiger partial charge in [-0.3, -0.25) is 0 Å². The van der Waals surface area contributed by atoms with Crippen LogP contribution in [0.1, 0.15) is 57.1 Å². The third-order valence-electron chi connectivity index (χ3n) is 3.23. The zero-order chi connectivity index (χ0) is 13.4. The van der Waals surface area contributed by atoms with Crippen molar-refractivity contribution in [2.45, 2.75) is 51.5 Å². The van der Waals surface area contributed by atoms with Crippen LogP contribution in [-0.4, -0.2) is 7.11 Å². The number of hydrogen-bond donors (Lipinski definition) is 1. The molecule has 0 saturated carbocycles. The van der Waals surface area contributed by atoms with Crippen LogP contribution in [0.3, 0.4) is 0 Å². The summed E-state index contributed by atoms with van der Waals surface area (Å²) >= 11 is 3.56. The largest absolute Gasteiger partial charge is 0.497 e. The number of rotatable bonds is 8. The molecule has 2 N–H and O–H groups in total. The van der Waals surface area contributed by atoms with Crippen LogP contribution in [0.15, 0.2) is 22.7 Å². The van der Waals surface area contributed by atoms with Crippen LogP contribution >= 0.6 is 15.9 Å². The average Bonchev–Trinajstić information content (AvgIpc) is 2.38. The van der Waals surface area contributed by atoms with Crippen molar-refractivity contribution in [3.63, 3.8) is 0 Å². The van der Waals surface area contributed by atoms with E-state index in [9.17, 15) is 0 Å². The average molecular weight is 314 g/mol. The lowest BCUT2D eigenvalue weighted by Crippen LogP contribution is -2.10. The Morgan fingerprint density at radius 2 is 1.94 bits per heavy atom. The first-order valence-corrected chi connectivity index (χ1v) is 7.57. The van der Waals surface area contributed by atoms with Crippen LogP contribution in [0.2, 0.25) is 0 Å². The van der Waals surface area contributed by atoms with Crippen molar-refractivity contribution in [2.75, 3.05) is 7.11 Å². The molecule has 0 aliphatic rings. The normalized spacial score (nSPS) is 12.4. The lowest BCUT2D eigenvalue weighted by Gasteiger charge is -2.14. The number of nitrogens with two attached hydrogens (primary N) is 1. The van der Waals surface area contributed by atoms with Crippen molar-refractivity contribution < 1.29 is 4.74 Å². The highest BCUT2D eigenvalue weighted by Crippen LogP contribution is 2.29. The Morgan fingerprint density at radius 3 is 2.56 bits per heavy atom. The minimum absolute atomic E-state index is 0.118. The van der Waals surface area contributed by atoms with Gasteiger partial charge in [-0.05, 0) is 24.1 Å². The van der Waals surface area contributed by atoms with E-state index in [4.69, 9.17) is 10.5 Å². The summed E-state index contributed by atoms with van der Waals surface area (Å²) in [6.45, 7) is 2.24. The highest BCUT2D eigenvalue weighted by atomic mass is 79.9. The van der Waals surface area contributed by atoms with Gasteiger partial charge in [0, 0.05) is 10.5 Å². The minimum atomic E-state index is 0.118. The number of unbranched alkanes of at least 4 members (excludes halogenated alkanes) is 4. The molecule has 0 aliphatic carbocycles. The second-order valence-electron chi connectivity index (χ2n) is 4.70. The monoisotopic (exact) mass is 313 g/mol. The third-order valence-corrected chi connectivity index (χ3v) is 3.91. The van der Waals surface area contributed by atoms with Crippen LogP contribution in [0.25, 0.3) is 0 Å². The van der Waals surface area contributed by atoms with Gasteiger partial charge in [-0.15, -0.1) is 0 Å². The maximum Gasteiger partial charge on any atom is 0.120 e. The Balaban J connectivity index is 2.43. The number of ether oxygens (including phenoxy) is 1. The Labute approximate surface area is 119 Å². The Hall–Kier alpha value is -0.540. The van der Waals surface area contributed by atoms with Gasteiger partial charge in [0.25, 0.3) is 0 Å². The van der Waals surface area contributed by atoms with E-state index in [-0.39, 0.29) is 6.04 Å². The van der Waals surface area contributed by atoms with Gasteiger partial charge in [0.1, 0.15) is 5.75 Å². The highest BCUT2D eigenvalue weighted by Gasteiger charge is 2.10. The Bertz CT molecular complexity index is 354.